The highest BCUT2D eigenvalue weighted by Gasteiger charge is 2.31. The maximum absolute atomic E-state index is 12.6. The summed E-state index contributed by atoms with van der Waals surface area (Å²) < 4.78 is 10.7. The van der Waals surface area contributed by atoms with Gasteiger partial charge in [0.25, 0.3) is 0 Å². The molecule has 7 nitrogen and oxygen atoms in total. The molecule has 1 aromatic carbocycles. The standard InChI is InChI=1S/C21H28N2O5S/c1-13-17(29-12-22-13)14-8-9-15(16(24)10-14)11-23(18(25)27-20(2,3)4)19(26)28-21(5,6)7/h8-10,12,24H,11H2,1-7H3. The van der Waals surface area contributed by atoms with E-state index in [9.17, 15) is 14.7 Å². The van der Waals surface area contributed by atoms with Gasteiger partial charge in [-0.25, -0.2) is 19.5 Å². The van der Waals surface area contributed by atoms with Gasteiger partial charge in [0.05, 0.1) is 22.6 Å². The minimum atomic E-state index is -0.839. The van der Waals surface area contributed by atoms with Crippen molar-refractivity contribution < 1.29 is 24.2 Å². The molecule has 0 bridgehead atoms. The lowest BCUT2D eigenvalue weighted by Gasteiger charge is -2.28. The Balaban J connectivity index is 2.31. The first-order valence-corrected chi connectivity index (χ1v) is 10.1. The Hall–Kier alpha value is -2.61. The number of hydrogen-bond acceptors (Lipinski definition) is 7. The molecule has 0 radical (unpaired) electrons. The van der Waals surface area contributed by atoms with Crippen LogP contribution in [0.25, 0.3) is 10.4 Å². The second kappa shape index (κ2) is 8.41. The van der Waals surface area contributed by atoms with Crippen LogP contribution in [0.4, 0.5) is 9.59 Å². The molecule has 0 unspecified atom stereocenters. The summed E-state index contributed by atoms with van der Waals surface area (Å²) in [5.41, 5.74) is 2.24. The largest absolute Gasteiger partial charge is 0.508 e. The molecule has 0 aliphatic heterocycles. The molecule has 0 saturated heterocycles. The van der Waals surface area contributed by atoms with Crippen molar-refractivity contribution >= 4 is 23.5 Å². The number of carbonyl (C=O) groups excluding carboxylic acids is 2. The number of benzene rings is 1. The average molecular weight is 421 g/mol. The third kappa shape index (κ3) is 6.45. The van der Waals surface area contributed by atoms with Crippen molar-refractivity contribution in [1.82, 2.24) is 9.88 Å². The van der Waals surface area contributed by atoms with Gasteiger partial charge in [0.2, 0.25) is 0 Å². The summed E-state index contributed by atoms with van der Waals surface area (Å²) in [7, 11) is 0. The third-order valence-corrected chi connectivity index (χ3v) is 4.63. The van der Waals surface area contributed by atoms with Crippen LogP contribution in [0.5, 0.6) is 5.75 Å². The molecule has 1 aromatic heterocycles. The molecule has 158 valence electrons. The second-order valence-electron chi connectivity index (χ2n) is 8.66. The lowest BCUT2D eigenvalue weighted by atomic mass is 10.1. The number of phenolic OH excluding ortho intramolecular Hbond substituents is 1. The number of ether oxygens (including phenoxy) is 2. The van der Waals surface area contributed by atoms with Crippen LogP contribution < -0.4 is 0 Å². The molecule has 2 rings (SSSR count). The van der Waals surface area contributed by atoms with Gasteiger partial charge in [-0.05, 0) is 60.1 Å². The van der Waals surface area contributed by atoms with Gasteiger partial charge in [0.15, 0.2) is 0 Å². The molecule has 29 heavy (non-hydrogen) atoms. The van der Waals surface area contributed by atoms with E-state index in [2.05, 4.69) is 4.98 Å². The van der Waals surface area contributed by atoms with Crippen molar-refractivity contribution in [3.05, 3.63) is 35.0 Å². The SMILES string of the molecule is Cc1ncsc1-c1ccc(CN(C(=O)OC(C)(C)C)C(=O)OC(C)(C)C)c(O)c1. The van der Waals surface area contributed by atoms with Crippen LogP contribution in [-0.4, -0.2) is 38.4 Å². The fraction of sp³-hybridized carbons (Fsp3) is 0.476. The normalized spacial score (nSPS) is 11.8. The molecule has 0 atom stereocenters. The Kier molecular flexibility index (Phi) is 6.57. The topological polar surface area (TPSA) is 89.0 Å². The van der Waals surface area contributed by atoms with Crippen molar-refractivity contribution in [1.29, 1.82) is 0 Å². The first-order chi connectivity index (χ1) is 13.3. The highest BCUT2D eigenvalue weighted by Crippen LogP contribution is 2.32. The highest BCUT2D eigenvalue weighted by molar-refractivity contribution is 7.13. The number of carbonyl (C=O) groups is 2. The molecule has 0 fully saturated rings. The number of thiazole rings is 1. The number of phenols is 1. The van der Waals surface area contributed by atoms with Crippen LogP contribution in [-0.2, 0) is 16.0 Å². The van der Waals surface area contributed by atoms with Crippen LogP contribution in [0.15, 0.2) is 23.7 Å². The minimum absolute atomic E-state index is 0.0348. The molecule has 2 amide bonds. The minimum Gasteiger partial charge on any atom is -0.508 e. The van der Waals surface area contributed by atoms with Gasteiger partial charge in [-0.2, -0.15) is 0 Å². The highest BCUT2D eigenvalue weighted by atomic mass is 32.1. The summed E-state index contributed by atoms with van der Waals surface area (Å²) in [6, 6.07) is 5.09. The maximum atomic E-state index is 12.6. The van der Waals surface area contributed by atoms with Gasteiger partial charge in [-0.1, -0.05) is 12.1 Å². The van der Waals surface area contributed by atoms with Crippen molar-refractivity contribution in [3.63, 3.8) is 0 Å². The zero-order chi connectivity index (χ0) is 22.0. The van der Waals surface area contributed by atoms with Gasteiger partial charge in [-0.3, -0.25) is 0 Å². The van der Waals surface area contributed by atoms with E-state index in [0.717, 1.165) is 21.0 Å². The number of hydrogen-bond donors (Lipinski definition) is 1. The van der Waals surface area contributed by atoms with Crippen molar-refractivity contribution in [2.45, 2.75) is 66.2 Å². The molecule has 0 aliphatic rings. The first kappa shape index (κ1) is 22.7. The van der Waals surface area contributed by atoms with E-state index >= 15 is 0 Å². The quantitative estimate of drug-likeness (QED) is 0.706. The van der Waals surface area contributed by atoms with Crippen LogP contribution in [0.1, 0.15) is 52.8 Å². The summed E-state index contributed by atoms with van der Waals surface area (Å²) in [5, 5.41) is 10.5. The summed E-state index contributed by atoms with van der Waals surface area (Å²) >= 11 is 1.47. The number of amides is 2. The number of aryl methyl sites for hydroxylation is 1. The van der Waals surface area contributed by atoms with Gasteiger partial charge < -0.3 is 14.6 Å². The van der Waals surface area contributed by atoms with Gasteiger partial charge in [0.1, 0.15) is 17.0 Å². The van der Waals surface area contributed by atoms with Gasteiger partial charge in [0, 0.05) is 5.56 Å². The zero-order valence-electron chi connectivity index (χ0n) is 17.9. The van der Waals surface area contributed by atoms with Crippen LogP contribution in [0.2, 0.25) is 0 Å². The Morgan fingerprint density at radius 1 is 1.07 bits per heavy atom. The third-order valence-electron chi connectivity index (χ3n) is 3.65. The molecular weight excluding hydrogens is 392 g/mol. The van der Waals surface area contributed by atoms with E-state index in [0.29, 0.717) is 5.56 Å². The van der Waals surface area contributed by atoms with Crippen LogP contribution in [0.3, 0.4) is 0 Å². The van der Waals surface area contributed by atoms with E-state index in [1.165, 1.54) is 11.3 Å². The Bertz CT molecular complexity index is 865. The number of aromatic hydroxyl groups is 1. The first-order valence-electron chi connectivity index (χ1n) is 9.23. The second-order valence-corrected chi connectivity index (χ2v) is 9.51. The van der Waals surface area contributed by atoms with E-state index in [1.54, 1.807) is 59.2 Å². The summed E-state index contributed by atoms with van der Waals surface area (Å²) in [5.74, 6) is -0.0348. The van der Waals surface area contributed by atoms with Gasteiger partial charge in [-0.15, -0.1) is 11.3 Å². The molecule has 0 aliphatic carbocycles. The number of rotatable bonds is 3. The van der Waals surface area contributed by atoms with Gasteiger partial charge >= 0.3 is 12.2 Å². The predicted molar refractivity (Wildman–Crippen MR) is 112 cm³/mol. The van der Waals surface area contributed by atoms with E-state index in [4.69, 9.17) is 9.47 Å². The van der Waals surface area contributed by atoms with E-state index in [1.807, 2.05) is 13.0 Å². The Morgan fingerprint density at radius 3 is 2.03 bits per heavy atom. The average Bonchev–Trinajstić information content (AvgIpc) is 2.96. The van der Waals surface area contributed by atoms with E-state index < -0.39 is 23.4 Å². The molecule has 8 heteroatoms. The predicted octanol–water partition coefficient (Wildman–Crippen LogP) is 5.50. The number of aromatic nitrogens is 1. The number of nitrogens with zero attached hydrogens (tertiary/aromatic N) is 2. The zero-order valence-corrected chi connectivity index (χ0v) is 18.7. The molecule has 1 heterocycles. The Morgan fingerprint density at radius 2 is 1.62 bits per heavy atom. The lowest BCUT2D eigenvalue weighted by Crippen LogP contribution is -2.43. The molecule has 0 spiro atoms. The Labute approximate surface area is 175 Å². The maximum Gasteiger partial charge on any atom is 0.420 e. The van der Waals surface area contributed by atoms with Crippen LogP contribution in [0, 0.1) is 6.92 Å². The molecule has 0 saturated carbocycles. The molecular formula is C21H28N2O5S. The monoisotopic (exact) mass is 420 g/mol. The van der Waals surface area contributed by atoms with E-state index in [-0.39, 0.29) is 12.3 Å². The number of imide groups is 1. The lowest BCUT2D eigenvalue weighted by molar-refractivity contribution is -0.000310. The van der Waals surface area contributed by atoms with Crippen molar-refractivity contribution in [2.24, 2.45) is 0 Å². The summed E-state index contributed by atoms with van der Waals surface area (Å²) in [6.45, 7) is 12.0. The van der Waals surface area contributed by atoms with Crippen molar-refractivity contribution in [2.75, 3.05) is 0 Å². The summed E-state index contributed by atoms with van der Waals surface area (Å²) in [6.07, 6.45) is -1.68. The van der Waals surface area contributed by atoms with Crippen molar-refractivity contribution in [3.8, 4) is 16.2 Å². The molecule has 2 aromatic rings. The fourth-order valence-corrected chi connectivity index (χ4v) is 3.23. The fourth-order valence-electron chi connectivity index (χ4n) is 2.43. The van der Waals surface area contributed by atoms with Crippen LogP contribution >= 0.6 is 11.3 Å². The smallest absolute Gasteiger partial charge is 0.420 e. The summed E-state index contributed by atoms with van der Waals surface area (Å²) in [4.78, 5) is 31.2. The molecule has 1 N–H and O–H groups in total.